The summed E-state index contributed by atoms with van der Waals surface area (Å²) >= 11 is 0. The Morgan fingerprint density at radius 2 is 1.93 bits per heavy atom. The molecule has 0 unspecified atom stereocenters. The van der Waals surface area contributed by atoms with Crippen LogP contribution in [-0.4, -0.2) is 64.3 Å². The summed E-state index contributed by atoms with van der Waals surface area (Å²) in [5.41, 5.74) is 0.346. The van der Waals surface area contributed by atoms with Crippen LogP contribution in [0.4, 0.5) is 19.0 Å². The van der Waals surface area contributed by atoms with E-state index in [0.717, 1.165) is 25.1 Å². The minimum absolute atomic E-state index is 0.0560. The first-order chi connectivity index (χ1) is 14.4. The molecular weight excluding hydrogens is 403 g/mol. The van der Waals surface area contributed by atoms with E-state index in [9.17, 15) is 18.0 Å². The third-order valence-corrected chi connectivity index (χ3v) is 6.06. The summed E-state index contributed by atoms with van der Waals surface area (Å²) in [5.74, 6) is -0.527. The first kappa shape index (κ1) is 19.3. The number of carbonyl (C=O) groups is 1. The highest BCUT2D eigenvalue weighted by atomic mass is 19.4. The van der Waals surface area contributed by atoms with Crippen molar-refractivity contribution in [2.75, 3.05) is 31.2 Å². The van der Waals surface area contributed by atoms with Crippen molar-refractivity contribution in [3.8, 4) is 11.4 Å². The molecule has 2 bridgehead atoms. The van der Waals surface area contributed by atoms with Gasteiger partial charge in [-0.15, -0.1) is 0 Å². The second-order valence-electron chi connectivity index (χ2n) is 7.90. The van der Waals surface area contributed by atoms with E-state index in [1.165, 1.54) is 6.20 Å². The number of alkyl halides is 3. The fraction of sp³-hybridized carbons (Fsp3) is 0.579. The Morgan fingerprint density at radius 3 is 2.53 bits per heavy atom. The summed E-state index contributed by atoms with van der Waals surface area (Å²) in [6, 6.07) is 3.73. The van der Waals surface area contributed by atoms with Crippen molar-refractivity contribution in [1.29, 1.82) is 0 Å². The van der Waals surface area contributed by atoms with Gasteiger partial charge in [-0.1, -0.05) is 5.16 Å². The minimum atomic E-state index is -4.68. The van der Waals surface area contributed by atoms with E-state index >= 15 is 0 Å². The Balaban J connectivity index is 1.25. The van der Waals surface area contributed by atoms with Crippen LogP contribution in [-0.2, 0) is 15.7 Å². The summed E-state index contributed by atoms with van der Waals surface area (Å²) in [4.78, 5) is 24.8. The van der Waals surface area contributed by atoms with Gasteiger partial charge in [-0.3, -0.25) is 4.79 Å². The van der Waals surface area contributed by atoms with Crippen LogP contribution < -0.4 is 4.90 Å². The highest BCUT2D eigenvalue weighted by Crippen LogP contribution is 2.36. The van der Waals surface area contributed by atoms with Crippen LogP contribution in [0.15, 0.2) is 22.9 Å². The zero-order valence-corrected chi connectivity index (χ0v) is 16.0. The minimum Gasteiger partial charge on any atom is -0.381 e. The Bertz CT molecular complexity index is 926. The smallest absolute Gasteiger partial charge is 0.381 e. The number of nitrogens with zero attached hydrogens (tertiary/aromatic N) is 5. The summed E-state index contributed by atoms with van der Waals surface area (Å²) in [6.07, 6.45) is -0.770. The van der Waals surface area contributed by atoms with Crippen LogP contribution in [0.5, 0.6) is 0 Å². The van der Waals surface area contributed by atoms with Gasteiger partial charge in [-0.05, 0) is 31.4 Å². The predicted octanol–water partition coefficient (Wildman–Crippen LogP) is 2.37. The Labute approximate surface area is 170 Å². The average Bonchev–Trinajstić information content (AvgIpc) is 3.49. The van der Waals surface area contributed by atoms with E-state index in [4.69, 9.17) is 4.74 Å². The molecule has 1 amide bonds. The zero-order valence-electron chi connectivity index (χ0n) is 16.0. The fourth-order valence-electron chi connectivity index (χ4n) is 4.54. The van der Waals surface area contributed by atoms with Crippen molar-refractivity contribution in [3.63, 3.8) is 0 Å². The van der Waals surface area contributed by atoms with Crippen LogP contribution in [0.25, 0.3) is 11.4 Å². The number of fused-ring (bicyclic) bond motifs is 2. The van der Waals surface area contributed by atoms with E-state index in [1.807, 2.05) is 4.90 Å². The molecule has 8 nitrogen and oxygen atoms in total. The number of anilines is 1. The number of pyridine rings is 1. The quantitative estimate of drug-likeness (QED) is 0.749. The largest absolute Gasteiger partial charge is 0.471 e. The SMILES string of the molecule is O=C(C1CCOCC1)N1C[C@@H]2C[C@H]1CN2c1ccc(-c2noc(C(F)(F)F)n2)cn1. The van der Waals surface area contributed by atoms with Crippen molar-refractivity contribution in [3.05, 3.63) is 24.2 Å². The maximum atomic E-state index is 12.8. The molecule has 0 N–H and O–H groups in total. The van der Waals surface area contributed by atoms with Gasteiger partial charge < -0.3 is 19.1 Å². The molecular formula is C19H20F3N5O3. The van der Waals surface area contributed by atoms with Crippen molar-refractivity contribution in [2.24, 2.45) is 5.92 Å². The van der Waals surface area contributed by atoms with Crippen LogP contribution >= 0.6 is 0 Å². The zero-order chi connectivity index (χ0) is 20.9. The van der Waals surface area contributed by atoms with Gasteiger partial charge in [0.25, 0.3) is 0 Å². The number of amides is 1. The number of aromatic nitrogens is 3. The molecule has 3 aliphatic heterocycles. The second kappa shape index (κ2) is 7.22. The molecule has 3 fully saturated rings. The number of carbonyl (C=O) groups excluding carboxylic acids is 1. The van der Waals surface area contributed by atoms with Crippen molar-refractivity contribution in [2.45, 2.75) is 37.5 Å². The number of piperazine rings is 1. The van der Waals surface area contributed by atoms with Gasteiger partial charge in [0.15, 0.2) is 0 Å². The molecule has 11 heteroatoms. The first-order valence-electron chi connectivity index (χ1n) is 9.92. The molecule has 5 rings (SSSR count). The van der Waals surface area contributed by atoms with Gasteiger partial charge in [-0.25, -0.2) is 4.98 Å². The number of ether oxygens (including phenoxy) is 1. The summed E-state index contributed by atoms with van der Waals surface area (Å²) in [6.45, 7) is 2.66. The number of likely N-dealkylation sites (tertiary alicyclic amines) is 1. The molecule has 2 aromatic heterocycles. The molecule has 3 saturated heterocycles. The molecule has 0 spiro atoms. The second-order valence-corrected chi connectivity index (χ2v) is 7.90. The lowest BCUT2D eigenvalue weighted by Crippen LogP contribution is -2.51. The van der Waals surface area contributed by atoms with Crippen LogP contribution in [0.3, 0.4) is 0 Å². The molecule has 3 aliphatic rings. The highest BCUT2D eigenvalue weighted by molar-refractivity contribution is 5.80. The average molecular weight is 423 g/mol. The highest BCUT2D eigenvalue weighted by Gasteiger charge is 2.47. The summed E-state index contributed by atoms with van der Waals surface area (Å²) in [7, 11) is 0. The fourth-order valence-corrected chi connectivity index (χ4v) is 4.54. The molecule has 160 valence electrons. The van der Waals surface area contributed by atoms with Crippen molar-refractivity contribution < 1.29 is 27.2 Å². The van der Waals surface area contributed by atoms with Crippen molar-refractivity contribution >= 4 is 11.7 Å². The van der Waals surface area contributed by atoms with Gasteiger partial charge in [0.05, 0.1) is 12.1 Å². The normalized spacial score (nSPS) is 24.6. The maximum Gasteiger partial charge on any atom is 0.471 e. The molecule has 30 heavy (non-hydrogen) atoms. The summed E-state index contributed by atoms with van der Waals surface area (Å²) in [5, 5.41) is 3.38. The van der Waals surface area contributed by atoms with Crippen LogP contribution in [0.2, 0.25) is 0 Å². The van der Waals surface area contributed by atoms with Gasteiger partial charge in [0, 0.05) is 44.0 Å². The molecule has 2 aromatic rings. The van der Waals surface area contributed by atoms with Crippen LogP contribution in [0.1, 0.15) is 25.2 Å². The number of hydrogen-bond donors (Lipinski definition) is 0. The Kier molecular flexibility index (Phi) is 4.64. The lowest BCUT2D eigenvalue weighted by Gasteiger charge is -2.37. The molecule has 0 saturated carbocycles. The van der Waals surface area contributed by atoms with Crippen LogP contribution in [0, 0.1) is 5.92 Å². The lowest BCUT2D eigenvalue weighted by molar-refractivity contribution is -0.159. The van der Waals surface area contributed by atoms with E-state index in [1.54, 1.807) is 12.1 Å². The Hall–Kier alpha value is -2.69. The van der Waals surface area contributed by atoms with E-state index < -0.39 is 12.1 Å². The molecule has 0 aliphatic carbocycles. The van der Waals surface area contributed by atoms with E-state index in [2.05, 4.69) is 24.5 Å². The van der Waals surface area contributed by atoms with Gasteiger partial charge in [0.2, 0.25) is 11.7 Å². The van der Waals surface area contributed by atoms with E-state index in [-0.39, 0.29) is 29.7 Å². The van der Waals surface area contributed by atoms with Gasteiger partial charge in [0.1, 0.15) is 5.82 Å². The maximum absolute atomic E-state index is 12.8. The molecule has 0 radical (unpaired) electrons. The van der Waals surface area contributed by atoms with E-state index in [0.29, 0.717) is 31.9 Å². The Morgan fingerprint density at radius 1 is 1.13 bits per heavy atom. The number of hydrogen-bond acceptors (Lipinski definition) is 7. The first-order valence-corrected chi connectivity index (χ1v) is 9.92. The molecule has 5 heterocycles. The number of rotatable bonds is 3. The van der Waals surface area contributed by atoms with Crippen molar-refractivity contribution in [1.82, 2.24) is 20.0 Å². The third kappa shape index (κ3) is 3.40. The third-order valence-electron chi connectivity index (χ3n) is 6.06. The monoisotopic (exact) mass is 423 g/mol. The summed E-state index contributed by atoms with van der Waals surface area (Å²) < 4.78 is 47.5. The number of halogens is 3. The standard InChI is InChI=1S/C19H20F3N5O3/c20-19(21,22)18-24-16(25-30-18)12-1-2-15(23-8-12)26-9-14-7-13(26)10-27(14)17(28)11-3-5-29-6-4-11/h1-2,8,11,13-14H,3-7,9-10H2/t13-,14-/m0/s1. The predicted molar refractivity (Wildman–Crippen MR) is 97.3 cm³/mol. The molecule has 0 aromatic carbocycles. The lowest BCUT2D eigenvalue weighted by atomic mass is 9.98. The molecule has 2 atom stereocenters. The topological polar surface area (TPSA) is 84.6 Å². The van der Waals surface area contributed by atoms with Gasteiger partial charge in [-0.2, -0.15) is 18.2 Å². The van der Waals surface area contributed by atoms with Gasteiger partial charge >= 0.3 is 12.1 Å².